The molecule has 4 nitrogen and oxygen atoms in total. The van der Waals surface area contributed by atoms with E-state index in [-0.39, 0.29) is 12.1 Å². The van der Waals surface area contributed by atoms with Gasteiger partial charge in [-0.05, 0) is 29.7 Å². The number of anilines is 1. The highest BCUT2D eigenvalue weighted by molar-refractivity contribution is 7.99. The number of thioether (sulfide) groups is 1. The molecule has 1 aliphatic rings. The molecule has 2 aromatic rings. The van der Waals surface area contributed by atoms with Crippen molar-refractivity contribution in [2.45, 2.75) is 30.4 Å². The number of benzene rings is 2. The van der Waals surface area contributed by atoms with Gasteiger partial charge >= 0.3 is 5.97 Å². The van der Waals surface area contributed by atoms with Crippen molar-refractivity contribution in [2.75, 3.05) is 17.8 Å². The summed E-state index contributed by atoms with van der Waals surface area (Å²) in [6.07, 6.45) is 1.06. The van der Waals surface area contributed by atoms with Crippen LogP contribution in [0.1, 0.15) is 17.5 Å². The molecule has 5 heteroatoms. The third kappa shape index (κ3) is 3.91. The molecule has 2 aromatic carbocycles. The molecule has 0 aliphatic carbocycles. The van der Waals surface area contributed by atoms with Gasteiger partial charge in [-0.25, -0.2) is 0 Å². The minimum Gasteiger partial charge on any atom is -0.469 e. The van der Waals surface area contributed by atoms with Crippen molar-refractivity contribution in [3.05, 3.63) is 59.7 Å². The Morgan fingerprint density at radius 2 is 2.04 bits per heavy atom. The number of carbonyl (C=O) groups is 1. The number of aryl methyl sites for hydroxylation is 1. The Kier molecular flexibility index (Phi) is 5.43. The molecule has 0 bridgehead atoms. The first-order valence-electron chi connectivity index (χ1n) is 8.06. The molecule has 1 unspecified atom stereocenters. The van der Waals surface area contributed by atoms with Gasteiger partial charge in [-0.15, -0.1) is 11.8 Å². The minimum atomic E-state index is -0.181. The van der Waals surface area contributed by atoms with E-state index in [1.807, 2.05) is 18.2 Å². The van der Waals surface area contributed by atoms with Gasteiger partial charge in [0.15, 0.2) is 0 Å². The molecule has 0 saturated carbocycles. The fourth-order valence-electron chi connectivity index (χ4n) is 2.84. The average molecular weight is 342 g/mol. The molecule has 1 heterocycles. The normalized spacial score (nSPS) is 16.6. The van der Waals surface area contributed by atoms with Crippen molar-refractivity contribution in [1.29, 1.82) is 0 Å². The Labute approximate surface area is 147 Å². The van der Waals surface area contributed by atoms with Gasteiger partial charge in [-0.3, -0.25) is 4.79 Å². The smallest absolute Gasteiger partial charge is 0.305 e. The molecule has 0 amide bonds. The molecule has 1 atom stereocenters. The Hall–Kier alpha value is -1.98. The zero-order valence-corrected chi connectivity index (χ0v) is 14.6. The quantitative estimate of drug-likeness (QED) is 0.846. The summed E-state index contributed by atoms with van der Waals surface area (Å²) < 4.78 is 4.73. The Morgan fingerprint density at radius 1 is 1.25 bits per heavy atom. The number of nitrogens with two attached hydrogens (primary N) is 1. The predicted molar refractivity (Wildman–Crippen MR) is 98.1 cm³/mol. The van der Waals surface area contributed by atoms with Crippen LogP contribution in [0.4, 0.5) is 5.69 Å². The monoisotopic (exact) mass is 342 g/mol. The van der Waals surface area contributed by atoms with Crippen LogP contribution in [0, 0.1) is 0 Å². The van der Waals surface area contributed by atoms with Gasteiger partial charge in [-0.1, -0.05) is 36.4 Å². The van der Waals surface area contributed by atoms with Gasteiger partial charge in [0.25, 0.3) is 0 Å². The minimum absolute atomic E-state index is 0.0152. The lowest BCUT2D eigenvalue weighted by molar-refractivity contribution is -0.140. The van der Waals surface area contributed by atoms with E-state index < -0.39 is 0 Å². The number of fused-ring (bicyclic) bond motifs is 1. The van der Waals surface area contributed by atoms with Crippen LogP contribution in [-0.4, -0.2) is 25.0 Å². The number of rotatable bonds is 5. The second kappa shape index (κ2) is 7.73. The van der Waals surface area contributed by atoms with E-state index in [9.17, 15) is 4.79 Å². The molecule has 0 aromatic heterocycles. The fraction of sp³-hybridized carbons (Fsp3) is 0.316. The number of esters is 1. The largest absolute Gasteiger partial charge is 0.469 e. The summed E-state index contributed by atoms with van der Waals surface area (Å²) in [5, 5.41) is 0. The molecule has 0 saturated heterocycles. The summed E-state index contributed by atoms with van der Waals surface area (Å²) >= 11 is 1.79. The maximum atomic E-state index is 11.4. The summed E-state index contributed by atoms with van der Waals surface area (Å²) in [5.74, 6) is 0.696. The van der Waals surface area contributed by atoms with Crippen molar-refractivity contribution >= 4 is 23.4 Å². The van der Waals surface area contributed by atoms with Crippen LogP contribution in [0.3, 0.4) is 0 Å². The maximum absolute atomic E-state index is 11.4. The van der Waals surface area contributed by atoms with Crippen molar-refractivity contribution < 1.29 is 9.53 Å². The predicted octanol–water partition coefficient (Wildman–Crippen LogP) is 3.19. The third-order valence-electron chi connectivity index (χ3n) is 4.18. The van der Waals surface area contributed by atoms with Crippen LogP contribution in [-0.2, 0) is 22.5 Å². The van der Waals surface area contributed by atoms with Crippen LogP contribution >= 0.6 is 11.8 Å². The van der Waals surface area contributed by atoms with E-state index in [4.69, 9.17) is 10.5 Å². The molecule has 1 aliphatic heterocycles. The van der Waals surface area contributed by atoms with Crippen molar-refractivity contribution in [1.82, 2.24) is 0 Å². The van der Waals surface area contributed by atoms with Gasteiger partial charge in [0.05, 0.1) is 19.0 Å². The van der Waals surface area contributed by atoms with Crippen molar-refractivity contribution in [3.63, 3.8) is 0 Å². The number of hydrogen-bond donors (Lipinski definition) is 1. The van der Waals surface area contributed by atoms with Gasteiger partial charge < -0.3 is 15.4 Å². The Balaban J connectivity index is 1.83. The van der Waals surface area contributed by atoms with Gasteiger partial charge in [-0.2, -0.15) is 0 Å². The molecular formula is C19H22N2O2S. The van der Waals surface area contributed by atoms with Crippen LogP contribution in [0.5, 0.6) is 0 Å². The summed E-state index contributed by atoms with van der Waals surface area (Å²) in [5.41, 5.74) is 9.90. The van der Waals surface area contributed by atoms with E-state index in [0.29, 0.717) is 12.8 Å². The van der Waals surface area contributed by atoms with Crippen LogP contribution in [0.2, 0.25) is 0 Å². The first kappa shape index (κ1) is 16.9. The van der Waals surface area contributed by atoms with Crippen LogP contribution in [0.25, 0.3) is 0 Å². The number of hydrogen-bond acceptors (Lipinski definition) is 5. The lowest BCUT2D eigenvalue weighted by atomic mass is 10.1. The molecule has 0 spiro atoms. The van der Waals surface area contributed by atoms with Gasteiger partial charge in [0.1, 0.15) is 0 Å². The zero-order chi connectivity index (χ0) is 16.9. The van der Waals surface area contributed by atoms with E-state index >= 15 is 0 Å². The second-order valence-corrected chi connectivity index (χ2v) is 6.93. The molecule has 2 N–H and O–H groups in total. The summed E-state index contributed by atoms with van der Waals surface area (Å²) in [4.78, 5) is 14.9. The van der Waals surface area contributed by atoms with Crippen molar-refractivity contribution in [2.24, 2.45) is 5.73 Å². The maximum Gasteiger partial charge on any atom is 0.305 e. The first-order valence-corrected chi connectivity index (χ1v) is 9.04. The topological polar surface area (TPSA) is 55.6 Å². The SMILES string of the molecule is COC(=O)CCc1ccc2c(c1)N(Cc1ccccc1)C(N)CS2. The van der Waals surface area contributed by atoms with Crippen LogP contribution in [0.15, 0.2) is 53.4 Å². The van der Waals surface area contributed by atoms with E-state index in [0.717, 1.165) is 23.5 Å². The Bertz CT molecular complexity index is 706. The number of nitrogens with zero attached hydrogens (tertiary/aromatic N) is 1. The summed E-state index contributed by atoms with van der Waals surface area (Å²) in [6, 6.07) is 16.7. The lowest BCUT2D eigenvalue weighted by Crippen LogP contribution is -2.45. The Morgan fingerprint density at radius 3 is 2.79 bits per heavy atom. The van der Waals surface area contributed by atoms with Crippen molar-refractivity contribution in [3.8, 4) is 0 Å². The average Bonchev–Trinajstić information content (AvgIpc) is 2.63. The lowest BCUT2D eigenvalue weighted by Gasteiger charge is -2.36. The third-order valence-corrected chi connectivity index (χ3v) is 5.35. The molecule has 0 radical (unpaired) electrons. The number of methoxy groups -OCH3 is 1. The number of ether oxygens (including phenoxy) is 1. The first-order chi connectivity index (χ1) is 11.7. The van der Waals surface area contributed by atoms with Gasteiger partial charge in [0, 0.05) is 23.6 Å². The molecule has 126 valence electrons. The highest BCUT2D eigenvalue weighted by Crippen LogP contribution is 2.38. The van der Waals surface area contributed by atoms with E-state index in [1.165, 1.54) is 17.6 Å². The summed E-state index contributed by atoms with van der Waals surface area (Å²) in [7, 11) is 1.42. The van der Waals surface area contributed by atoms with E-state index in [1.54, 1.807) is 11.8 Å². The fourth-order valence-corrected chi connectivity index (χ4v) is 3.86. The van der Waals surface area contributed by atoms with Crippen LogP contribution < -0.4 is 10.6 Å². The molecule has 3 rings (SSSR count). The van der Waals surface area contributed by atoms with Gasteiger partial charge in [0.2, 0.25) is 0 Å². The molecule has 0 fully saturated rings. The molecular weight excluding hydrogens is 320 g/mol. The standard InChI is InChI=1S/C19H22N2O2S/c1-23-19(22)10-8-14-7-9-17-16(11-14)21(18(20)13-24-17)12-15-5-3-2-4-6-15/h2-7,9,11,18H,8,10,12-13,20H2,1H3. The highest BCUT2D eigenvalue weighted by Gasteiger charge is 2.24. The van der Waals surface area contributed by atoms with E-state index in [2.05, 4.69) is 35.2 Å². The number of carbonyl (C=O) groups excluding carboxylic acids is 1. The zero-order valence-electron chi connectivity index (χ0n) is 13.8. The highest BCUT2D eigenvalue weighted by atomic mass is 32.2. The molecule has 24 heavy (non-hydrogen) atoms. The summed E-state index contributed by atoms with van der Waals surface area (Å²) in [6.45, 7) is 0.788. The second-order valence-electron chi connectivity index (χ2n) is 5.87.